The minimum Gasteiger partial charge on any atom is -0.395 e. The third-order valence-corrected chi connectivity index (χ3v) is 4.52. The lowest BCUT2D eigenvalue weighted by atomic mass is 10.1. The van der Waals surface area contributed by atoms with Crippen LogP contribution in [0.25, 0.3) is 0 Å². The van der Waals surface area contributed by atoms with Crippen LogP contribution in [0.2, 0.25) is 0 Å². The summed E-state index contributed by atoms with van der Waals surface area (Å²) >= 11 is 0. The number of aliphatic hydroxyl groups is 1. The average molecular weight is 663 g/mol. The number of nitrogens with zero attached hydrogens (tertiary/aromatic N) is 1. The van der Waals surface area contributed by atoms with Gasteiger partial charge in [-0.25, -0.2) is 4.90 Å². The predicted octanol–water partition coefficient (Wildman–Crippen LogP) is -1.16. The summed E-state index contributed by atoms with van der Waals surface area (Å²) in [5, 5.41) is 14.5. The van der Waals surface area contributed by atoms with Crippen LogP contribution in [0.1, 0.15) is 12.8 Å². The smallest absolute Gasteiger partial charge is 0.236 e. The van der Waals surface area contributed by atoms with Gasteiger partial charge >= 0.3 is 0 Å². The lowest BCUT2D eigenvalue weighted by Gasteiger charge is -2.16. The second kappa shape index (κ2) is 34.8. The van der Waals surface area contributed by atoms with Gasteiger partial charge in [-0.2, -0.15) is 0 Å². The molecule has 0 aromatic carbocycles. The Hall–Kier alpha value is -9.03. The molecule has 6 nitrogen and oxygen atoms in total. The number of amides is 1. The highest BCUT2D eigenvalue weighted by Crippen LogP contribution is 2.09. The highest BCUT2D eigenvalue weighted by Gasteiger charge is 2.14. The molecule has 0 rings (SSSR count). The van der Waals surface area contributed by atoms with E-state index in [-0.39, 0.29) is 18.9 Å². The molecule has 6 heteroatoms. The van der Waals surface area contributed by atoms with Crippen LogP contribution in [0, 0.1) is 214 Å². The molecule has 0 bridgehead atoms. The number of hydrogen-bond acceptors (Lipinski definition) is 5. The summed E-state index contributed by atoms with van der Waals surface area (Å²) in [6.45, 7) is 5.29. The van der Waals surface area contributed by atoms with Gasteiger partial charge in [-0.1, -0.05) is 6.58 Å². The van der Waals surface area contributed by atoms with Crippen molar-refractivity contribution in [3.63, 3.8) is 0 Å². The summed E-state index contributed by atoms with van der Waals surface area (Å²) in [5.41, 5.74) is 6.48. The van der Waals surface area contributed by atoms with E-state index in [4.69, 9.17) is 23.7 Å². The third-order valence-electron chi connectivity index (χ3n) is 4.52. The Morgan fingerprint density at radius 1 is 0.558 bits per heavy atom. The number of aliphatic hydroxyl groups excluding tert-OH is 1. The highest BCUT2D eigenvalue weighted by molar-refractivity contribution is 5.81. The van der Waals surface area contributed by atoms with Crippen LogP contribution in [0.4, 0.5) is 0 Å². The Kier molecular flexibility index (Phi) is 28.8. The van der Waals surface area contributed by atoms with E-state index < -0.39 is 6.04 Å². The van der Waals surface area contributed by atoms with Gasteiger partial charge in [0.25, 0.3) is 0 Å². The molecule has 0 aliphatic rings. The van der Waals surface area contributed by atoms with Gasteiger partial charge in [0, 0.05) is 132 Å². The van der Waals surface area contributed by atoms with Gasteiger partial charge in [0.15, 0.2) is 0 Å². The minimum absolute atomic E-state index is 0.00557. The highest BCUT2D eigenvalue weighted by atomic mass is 16.3. The van der Waals surface area contributed by atoms with Crippen molar-refractivity contribution in [2.75, 3.05) is 26.2 Å². The zero-order valence-electron chi connectivity index (χ0n) is 27.6. The molecule has 0 aromatic heterocycles. The molecule has 0 aromatic rings. The maximum absolute atomic E-state index is 12.3. The van der Waals surface area contributed by atoms with E-state index in [1.54, 1.807) is 0 Å². The Bertz CT molecular complexity index is 2350. The van der Waals surface area contributed by atoms with Crippen LogP contribution < -0.4 is 16.4 Å². The first-order valence-corrected chi connectivity index (χ1v) is 14.3. The van der Waals surface area contributed by atoms with Crippen molar-refractivity contribution in [2.45, 2.75) is 18.9 Å². The third kappa shape index (κ3) is 29.7. The molecule has 0 heterocycles. The molecule has 5 N–H and O–H groups in total. The first-order chi connectivity index (χ1) is 25.6. The van der Waals surface area contributed by atoms with Gasteiger partial charge in [-0.3, -0.25) is 4.79 Å². The molecule has 1 atom stereocenters. The van der Waals surface area contributed by atoms with Crippen molar-refractivity contribution >= 4 is 5.91 Å². The quantitative estimate of drug-likeness (QED) is 0.135. The lowest BCUT2D eigenvalue weighted by molar-refractivity contribution is -0.122. The number of carbonyl (C=O) groups excluding carboxylic acids is 1. The monoisotopic (exact) mass is 662 g/mol. The van der Waals surface area contributed by atoms with Gasteiger partial charge < -0.3 is 21.5 Å². The molecular weight excluding hydrogens is 641 g/mol. The van der Waals surface area contributed by atoms with Crippen molar-refractivity contribution in [2.24, 2.45) is 5.73 Å². The molecule has 0 saturated carbocycles. The minimum atomic E-state index is -0.793. The van der Waals surface area contributed by atoms with Gasteiger partial charge in [0.05, 0.1) is 12.6 Å². The second-order valence-corrected chi connectivity index (χ2v) is 8.07. The maximum Gasteiger partial charge on any atom is 0.236 e. The van der Waals surface area contributed by atoms with Crippen molar-refractivity contribution < 1.29 is 9.90 Å². The zero-order chi connectivity index (χ0) is 38.0. The van der Waals surface area contributed by atoms with Gasteiger partial charge in [0.2, 0.25) is 5.91 Å². The normalized spacial score (nSPS) is 6.69. The molecule has 52 heavy (non-hydrogen) atoms. The summed E-state index contributed by atoms with van der Waals surface area (Å²) in [6, 6.07) is 4.70. The largest absolute Gasteiger partial charge is 0.395 e. The number of carbonyl (C=O) groups is 1. The van der Waals surface area contributed by atoms with E-state index in [0.29, 0.717) is 31.8 Å². The SMILES string of the molecule is C#CC#CC#CC#CC#CC#CC#CC#CC#CN(C#CC#CC#CC#CC#CC#CC#CC#CC#C)C(=C)CCC(N)C(=O)NCCNCCO. The summed E-state index contributed by atoms with van der Waals surface area (Å²) in [5.74, 6) is 78.6. The van der Waals surface area contributed by atoms with Crippen molar-refractivity contribution in [1.29, 1.82) is 0 Å². The summed E-state index contributed by atoms with van der Waals surface area (Å²) in [6.07, 6.45) is 10.5. The fraction of sp³-hybridized carbons (Fsp3) is 0.152. The first-order valence-electron chi connectivity index (χ1n) is 14.3. The molecule has 238 valence electrons. The molecule has 0 spiro atoms. The van der Waals surface area contributed by atoms with E-state index in [9.17, 15) is 4.79 Å². The summed E-state index contributed by atoms with van der Waals surface area (Å²) in [7, 11) is 0. The standard InChI is InChI=1S/C46H22N4O2/c1-4-6-8-10-12-14-16-18-20-22-24-26-28-30-32-34-41-50(44(3)36-37-45(47)46(52)49-39-38-48-40-43-51)42-35-33-31-29-27-25-23-21-19-17-15-13-11-9-7-5-2/h1-2,45,48,51H,3,36-40,43,47H2,(H,49,52). The fourth-order valence-corrected chi connectivity index (χ4v) is 2.41. The molecule has 0 aliphatic heterocycles. The molecule has 0 saturated heterocycles. The number of hydrogen-bond donors (Lipinski definition) is 4. The number of nitrogens with one attached hydrogen (secondary N) is 2. The number of nitrogens with two attached hydrogens (primary N) is 1. The van der Waals surface area contributed by atoms with Crippen molar-refractivity contribution in [3.8, 4) is 214 Å². The number of rotatable bonds is 10. The topological polar surface area (TPSA) is 90.6 Å². The molecule has 1 unspecified atom stereocenters. The Morgan fingerprint density at radius 3 is 1.21 bits per heavy atom. The first kappa shape index (κ1) is 43.0. The molecule has 0 fully saturated rings. The van der Waals surface area contributed by atoms with Crippen LogP contribution in [0.15, 0.2) is 12.3 Å². The molecular formula is C46H22N4O2. The Morgan fingerprint density at radius 2 is 0.885 bits per heavy atom. The van der Waals surface area contributed by atoms with Crippen LogP contribution in [0.5, 0.6) is 0 Å². The van der Waals surface area contributed by atoms with E-state index in [2.05, 4.69) is 219 Å². The Labute approximate surface area is 308 Å². The number of allylic oxidation sites excluding steroid dienone is 1. The van der Waals surface area contributed by atoms with E-state index in [1.165, 1.54) is 4.90 Å². The van der Waals surface area contributed by atoms with E-state index >= 15 is 0 Å². The van der Waals surface area contributed by atoms with E-state index in [0.717, 1.165) is 0 Å². The molecule has 0 radical (unpaired) electrons. The maximum atomic E-state index is 12.3. The van der Waals surface area contributed by atoms with Crippen molar-refractivity contribution in [3.05, 3.63) is 12.3 Å². The van der Waals surface area contributed by atoms with Gasteiger partial charge in [0.1, 0.15) is 0 Å². The van der Waals surface area contributed by atoms with Crippen LogP contribution >= 0.6 is 0 Å². The lowest BCUT2D eigenvalue weighted by Crippen LogP contribution is -2.43. The average Bonchev–Trinajstić information content (AvgIpc) is 3.15. The summed E-state index contributed by atoms with van der Waals surface area (Å²) in [4.78, 5) is 13.6. The van der Waals surface area contributed by atoms with Crippen LogP contribution in [0.3, 0.4) is 0 Å². The zero-order valence-corrected chi connectivity index (χ0v) is 27.6. The van der Waals surface area contributed by atoms with Crippen LogP contribution in [-0.4, -0.2) is 48.2 Å². The van der Waals surface area contributed by atoms with Gasteiger partial charge in [-0.15, -0.1) is 12.8 Å². The second-order valence-electron chi connectivity index (χ2n) is 8.07. The molecule has 0 aliphatic carbocycles. The fourth-order valence-electron chi connectivity index (χ4n) is 2.41. The summed E-state index contributed by atoms with van der Waals surface area (Å²) < 4.78 is 0. The van der Waals surface area contributed by atoms with Crippen molar-refractivity contribution in [1.82, 2.24) is 15.5 Å². The molecule has 1 amide bonds. The Balaban J connectivity index is 5.59. The predicted molar refractivity (Wildman–Crippen MR) is 203 cm³/mol. The van der Waals surface area contributed by atoms with E-state index in [1.807, 2.05) is 0 Å². The van der Waals surface area contributed by atoms with Crippen LogP contribution in [-0.2, 0) is 4.79 Å². The number of terminal acetylenes is 2. The van der Waals surface area contributed by atoms with Gasteiger partial charge in [-0.05, 0) is 108 Å².